The molecule has 4 rings (SSSR count). The van der Waals surface area contributed by atoms with Crippen molar-refractivity contribution in [3.63, 3.8) is 0 Å². The average Bonchev–Trinajstić information content (AvgIpc) is 3.35. The van der Waals surface area contributed by atoms with Crippen molar-refractivity contribution in [2.75, 3.05) is 6.54 Å². The molecule has 2 heterocycles. The van der Waals surface area contributed by atoms with Crippen LogP contribution in [0.4, 0.5) is 4.39 Å². The summed E-state index contributed by atoms with van der Waals surface area (Å²) in [6, 6.07) is 5.22. The Morgan fingerprint density at radius 1 is 1.38 bits per heavy atom. The van der Waals surface area contributed by atoms with Crippen molar-refractivity contribution in [3.05, 3.63) is 62.6 Å². The minimum absolute atomic E-state index is 0.0252. The molecule has 2 aromatic rings. The quantitative estimate of drug-likeness (QED) is 0.939. The van der Waals surface area contributed by atoms with E-state index >= 15 is 0 Å². The van der Waals surface area contributed by atoms with Gasteiger partial charge in [0, 0.05) is 31.6 Å². The molecule has 1 aliphatic carbocycles. The molecule has 0 bridgehead atoms. The first-order valence-electron chi connectivity index (χ1n) is 8.67. The number of aromatic nitrogens is 2. The highest BCUT2D eigenvalue weighted by atomic mass is 19.1. The van der Waals surface area contributed by atoms with Crippen molar-refractivity contribution in [1.82, 2.24) is 14.9 Å². The van der Waals surface area contributed by atoms with Crippen molar-refractivity contribution in [1.29, 1.82) is 0 Å². The Morgan fingerprint density at radius 3 is 3.00 bits per heavy atom. The van der Waals surface area contributed by atoms with Crippen molar-refractivity contribution >= 4 is 0 Å². The molecule has 0 saturated heterocycles. The Kier molecular flexibility index (Phi) is 3.96. The smallest absolute Gasteiger partial charge is 0.254 e. The van der Waals surface area contributed by atoms with E-state index in [0.29, 0.717) is 31.0 Å². The van der Waals surface area contributed by atoms with Gasteiger partial charge in [-0.05, 0) is 49.3 Å². The highest BCUT2D eigenvalue weighted by molar-refractivity contribution is 5.28. The van der Waals surface area contributed by atoms with Crippen LogP contribution in [0.2, 0.25) is 0 Å². The largest absolute Gasteiger partial charge is 0.310 e. The van der Waals surface area contributed by atoms with E-state index < -0.39 is 0 Å². The fourth-order valence-electron chi connectivity index (χ4n) is 3.44. The van der Waals surface area contributed by atoms with Crippen LogP contribution in [0.3, 0.4) is 0 Å². The first-order chi connectivity index (χ1) is 11.6. The minimum atomic E-state index is -0.161. The van der Waals surface area contributed by atoms with Crippen molar-refractivity contribution in [3.8, 4) is 0 Å². The number of nitrogens with zero attached hydrogens (tertiary/aromatic N) is 2. The molecule has 1 aliphatic heterocycles. The van der Waals surface area contributed by atoms with E-state index in [2.05, 4.69) is 9.88 Å². The first-order valence-corrected chi connectivity index (χ1v) is 8.67. The molecule has 0 radical (unpaired) electrons. The molecule has 1 aromatic carbocycles. The Morgan fingerprint density at radius 2 is 2.21 bits per heavy atom. The van der Waals surface area contributed by atoms with Gasteiger partial charge in [0.25, 0.3) is 5.56 Å². The second-order valence-electron chi connectivity index (χ2n) is 7.07. The van der Waals surface area contributed by atoms with Gasteiger partial charge in [0.05, 0.1) is 5.69 Å². The molecule has 0 spiro atoms. The Hall–Kier alpha value is -2.01. The standard InChI is InChI=1S/C19H22FN3O/c1-12-14(3-2-4-16(12)20)10-23-8-7-15-17(11-23)21-18(22-19(15)24)9-13-5-6-13/h2-4,13H,5-11H2,1H3,(H,21,22,24). The van der Waals surface area contributed by atoms with Crippen LogP contribution in [-0.2, 0) is 25.9 Å². The van der Waals surface area contributed by atoms with Crippen LogP contribution in [0.1, 0.15) is 41.1 Å². The maximum atomic E-state index is 13.7. The third-order valence-corrected chi connectivity index (χ3v) is 5.15. The maximum Gasteiger partial charge on any atom is 0.254 e. The number of hydrogen-bond acceptors (Lipinski definition) is 3. The van der Waals surface area contributed by atoms with Gasteiger partial charge in [-0.1, -0.05) is 12.1 Å². The van der Waals surface area contributed by atoms with Gasteiger partial charge in [-0.3, -0.25) is 9.69 Å². The molecular formula is C19H22FN3O. The van der Waals surface area contributed by atoms with Crippen LogP contribution >= 0.6 is 0 Å². The lowest BCUT2D eigenvalue weighted by Crippen LogP contribution is -2.35. The zero-order valence-corrected chi connectivity index (χ0v) is 13.9. The summed E-state index contributed by atoms with van der Waals surface area (Å²) in [4.78, 5) is 22.2. The number of benzene rings is 1. The lowest BCUT2D eigenvalue weighted by molar-refractivity contribution is 0.239. The molecule has 2 aliphatic rings. The van der Waals surface area contributed by atoms with Gasteiger partial charge in [0.15, 0.2) is 0 Å². The fourth-order valence-corrected chi connectivity index (χ4v) is 3.44. The van der Waals surface area contributed by atoms with Gasteiger partial charge < -0.3 is 4.98 Å². The average molecular weight is 327 g/mol. The second-order valence-corrected chi connectivity index (χ2v) is 7.07. The predicted molar refractivity (Wildman–Crippen MR) is 90.2 cm³/mol. The zero-order valence-electron chi connectivity index (χ0n) is 13.9. The molecule has 1 N–H and O–H groups in total. The topological polar surface area (TPSA) is 49.0 Å². The summed E-state index contributed by atoms with van der Waals surface area (Å²) < 4.78 is 13.7. The van der Waals surface area contributed by atoms with Crippen LogP contribution in [0.25, 0.3) is 0 Å². The van der Waals surface area contributed by atoms with E-state index in [0.717, 1.165) is 35.6 Å². The molecule has 1 fully saturated rings. The molecule has 5 heteroatoms. The van der Waals surface area contributed by atoms with Gasteiger partial charge in [-0.15, -0.1) is 0 Å². The lowest BCUT2D eigenvalue weighted by Gasteiger charge is -2.28. The highest BCUT2D eigenvalue weighted by Crippen LogP contribution is 2.31. The van der Waals surface area contributed by atoms with Crippen molar-refractivity contribution in [2.45, 2.75) is 45.7 Å². The van der Waals surface area contributed by atoms with Crippen LogP contribution in [0, 0.1) is 18.7 Å². The third-order valence-electron chi connectivity index (χ3n) is 5.15. The number of H-pyrrole nitrogens is 1. The molecule has 24 heavy (non-hydrogen) atoms. The number of aromatic amines is 1. The molecular weight excluding hydrogens is 305 g/mol. The van der Waals surface area contributed by atoms with Crippen LogP contribution < -0.4 is 5.56 Å². The molecule has 4 nitrogen and oxygen atoms in total. The highest BCUT2D eigenvalue weighted by Gasteiger charge is 2.25. The summed E-state index contributed by atoms with van der Waals surface area (Å²) in [6.07, 6.45) is 4.07. The van der Waals surface area contributed by atoms with Gasteiger partial charge in [-0.25, -0.2) is 9.37 Å². The van der Waals surface area contributed by atoms with Crippen molar-refractivity contribution < 1.29 is 4.39 Å². The first kappa shape index (κ1) is 15.5. The second kappa shape index (κ2) is 6.13. The monoisotopic (exact) mass is 327 g/mol. The summed E-state index contributed by atoms with van der Waals surface area (Å²) in [5.41, 5.74) is 3.45. The Bertz CT molecular complexity index is 826. The molecule has 126 valence electrons. The summed E-state index contributed by atoms with van der Waals surface area (Å²) >= 11 is 0. The summed E-state index contributed by atoms with van der Waals surface area (Å²) in [5, 5.41) is 0. The minimum Gasteiger partial charge on any atom is -0.310 e. The number of nitrogens with one attached hydrogen (secondary N) is 1. The van der Waals surface area contributed by atoms with E-state index in [4.69, 9.17) is 4.98 Å². The number of rotatable bonds is 4. The molecule has 0 unspecified atom stereocenters. The van der Waals surface area contributed by atoms with Crippen molar-refractivity contribution in [2.24, 2.45) is 5.92 Å². The van der Waals surface area contributed by atoms with Gasteiger partial charge >= 0.3 is 0 Å². The summed E-state index contributed by atoms with van der Waals surface area (Å²) in [5.74, 6) is 1.36. The zero-order chi connectivity index (χ0) is 16.7. The third kappa shape index (κ3) is 3.13. The Labute approximate surface area is 140 Å². The molecule has 1 aromatic heterocycles. The van der Waals surface area contributed by atoms with Gasteiger partial charge in [-0.2, -0.15) is 0 Å². The van der Waals surface area contributed by atoms with Crippen LogP contribution in [-0.4, -0.2) is 21.4 Å². The Balaban J connectivity index is 1.55. The number of halogens is 1. The van der Waals surface area contributed by atoms with Gasteiger partial charge in [0.2, 0.25) is 0 Å². The molecule has 1 saturated carbocycles. The lowest BCUT2D eigenvalue weighted by atomic mass is 10.0. The van der Waals surface area contributed by atoms with E-state index in [9.17, 15) is 9.18 Å². The summed E-state index contributed by atoms with van der Waals surface area (Å²) in [6.45, 7) is 3.97. The van der Waals surface area contributed by atoms with E-state index in [1.165, 1.54) is 18.9 Å². The number of hydrogen-bond donors (Lipinski definition) is 1. The SMILES string of the molecule is Cc1c(F)cccc1CN1CCc2c(nc(CC3CC3)[nH]c2=O)C1. The van der Waals surface area contributed by atoms with Crippen LogP contribution in [0.5, 0.6) is 0 Å². The van der Waals surface area contributed by atoms with Gasteiger partial charge in [0.1, 0.15) is 11.6 Å². The predicted octanol–water partition coefficient (Wildman–Crippen LogP) is 2.73. The summed E-state index contributed by atoms with van der Waals surface area (Å²) in [7, 11) is 0. The molecule has 0 amide bonds. The molecule has 0 atom stereocenters. The number of fused-ring (bicyclic) bond motifs is 1. The fraction of sp³-hybridized carbons (Fsp3) is 0.474. The van der Waals surface area contributed by atoms with E-state index in [-0.39, 0.29) is 11.4 Å². The van der Waals surface area contributed by atoms with Crippen LogP contribution in [0.15, 0.2) is 23.0 Å². The normalized spacial score (nSPS) is 17.8. The van der Waals surface area contributed by atoms with E-state index in [1.54, 1.807) is 6.07 Å². The van der Waals surface area contributed by atoms with E-state index in [1.807, 2.05) is 13.0 Å². The maximum absolute atomic E-state index is 13.7.